The standard InChI is InChI=1S/C19H22N6/c1-24-8-10-25(11-9-24)18-12-15(6-7-20-18)13-21-19-16-4-2-3-5-17(16)22-14-23-19/h2-7,12,14H,8-11,13H2,1H3,(H,21,22,23). The van der Waals surface area contributed by atoms with E-state index >= 15 is 0 Å². The third kappa shape index (κ3) is 3.53. The van der Waals surface area contributed by atoms with Crippen molar-refractivity contribution in [3.8, 4) is 0 Å². The molecule has 1 aromatic carbocycles. The Morgan fingerprint density at radius 1 is 1.00 bits per heavy atom. The molecule has 0 atom stereocenters. The number of likely N-dealkylation sites (N-methyl/N-ethyl adjacent to an activating group) is 1. The van der Waals surface area contributed by atoms with Gasteiger partial charge in [-0.25, -0.2) is 15.0 Å². The zero-order chi connectivity index (χ0) is 17.1. The number of aromatic nitrogens is 3. The van der Waals surface area contributed by atoms with Gasteiger partial charge in [-0.2, -0.15) is 0 Å². The molecule has 0 spiro atoms. The summed E-state index contributed by atoms with van der Waals surface area (Å²) in [5.74, 6) is 1.92. The molecule has 1 aliphatic heterocycles. The van der Waals surface area contributed by atoms with Crippen molar-refractivity contribution in [1.29, 1.82) is 0 Å². The summed E-state index contributed by atoms with van der Waals surface area (Å²) in [7, 11) is 2.16. The van der Waals surface area contributed by atoms with E-state index in [1.807, 2.05) is 30.5 Å². The maximum Gasteiger partial charge on any atom is 0.137 e. The van der Waals surface area contributed by atoms with Crippen LogP contribution < -0.4 is 10.2 Å². The molecule has 3 aromatic rings. The van der Waals surface area contributed by atoms with Crippen LogP contribution in [0.4, 0.5) is 11.6 Å². The number of rotatable bonds is 4. The quantitative estimate of drug-likeness (QED) is 0.791. The number of para-hydroxylation sites is 1. The molecule has 6 nitrogen and oxygen atoms in total. The molecule has 1 saturated heterocycles. The van der Waals surface area contributed by atoms with Gasteiger partial charge in [-0.3, -0.25) is 0 Å². The molecule has 0 aliphatic carbocycles. The van der Waals surface area contributed by atoms with Gasteiger partial charge in [0, 0.05) is 44.3 Å². The van der Waals surface area contributed by atoms with Crippen LogP contribution in [0.15, 0.2) is 48.9 Å². The molecule has 0 amide bonds. The molecule has 1 fully saturated rings. The lowest BCUT2D eigenvalue weighted by Crippen LogP contribution is -2.44. The summed E-state index contributed by atoms with van der Waals surface area (Å²) in [6, 6.07) is 12.3. The Bertz CT molecular complexity index is 852. The molecular formula is C19H22N6. The Morgan fingerprint density at radius 2 is 1.84 bits per heavy atom. The molecule has 4 rings (SSSR count). The molecule has 0 unspecified atom stereocenters. The third-order valence-electron chi connectivity index (χ3n) is 4.64. The number of fused-ring (bicyclic) bond motifs is 1. The fraction of sp³-hybridized carbons (Fsp3) is 0.316. The molecular weight excluding hydrogens is 312 g/mol. The molecule has 25 heavy (non-hydrogen) atoms. The largest absolute Gasteiger partial charge is 0.365 e. The Labute approximate surface area is 147 Å². The highest BCUT2D eigenvalue weighted by atomic mass is 15.3. The van der Waals surface area contributed by atoms with Crippen LogP contribution in [-0.4, -0.2) is 53.1 Å². The van der Waals surface area contributed by atoms with E-state index in [9.17, 15) is 0 Å². The summed E-state index contributed by atoms with van der Waals surface area (Å²) in [5, 5.41) is 4.48. The van der Waals surface area contributed by atoms with E-state index in [2.05, 4.69) is 49.2 Å². The second kappa shape index (κ2) is 7.03. The summed E-state index contributed by atoms with van der Waals surface area (Å²) >= 11 is 0. The number of anilines is 2. The second-order valence-corrected chi connectivity index (χ2v) is 6.41. The maximum absolute atomic E-state index is 4.55. The number of piperazine rings is 1. The zero-order valence-electron chi connectivity index (χ0n) is 14.4. The van der Waals surface area contributed by atoms with Crippen LogP contribution in [0.25, 0.3) is 10.9 Å². The summed E-state index contributed by atoms with van der Waals surface area (Å²) in [6.07, 6.45) is 3.50. The first-order valence-corrected chi connectivity index (χ1v) is 8.61. The van der Waals surface area contributed by atoms with Gasteiger partial charge >= 0.3 is 0 Å². The van der Waals surface area contributed by atoms with Crippen molar-refractivity contribution in [2.75, 3.05) is 43.4 Å². The lowest BCUT2D eigenvalue weighted by Gasteiger charge is -2.33. The average Bonchev–Trinajstić information content (AvgIpc) is 2.67. The third-order valence-corrected chi connectivity index (χ3v) is 4.64. The first-order chi connectivity index (χ1) is 12.3. The average molecular weight is 334 g/mol. The number of benzene rings is 1. The topological polar surface area (TPSA) is 57.2 Å². The van der Waals surface area contributed by atoms with Gasteiger partial charge in [0.1, 0.15) is 18.0 Å². The van der Waals surface area contributed by atoms with Gasteiger partial charge in [-0.05, 0) is 36.9 Å². The number of hydrogen-bond acceptors (Lipinski definition) is 6. The van der Waals surface area contributed by atoms with Crippen molar-refractivity contribution in [2.24, 2.45) is 0 Å². The Balaban J connectivity index is 1.48. The van der Waals surface area contributed by atoms with Crippen molar-refractivity contribution in [3.63, 3.8) is 0 Å². The van der Waals surface area contributed by atoms with Crippen molar-refractivity contribution >= 4 is 22.5 Å². The molecule has 0 saturated carbocycles. The summed E-state index contributed by atoms with van der Waals surface area (Å²) in [5.41, 5.74) is 2.15. The van der Waals surface area contributed by atoms with Crippen LogP contribution in [0.3, 0.4) is 0 Å². The predicted molar refractivity (Wildman–Crippen MR) is 101 cm³/mol. The maximum atomic E-state index is 4.55. The van der Waals surface area contributed by atoms with Gasteiger partial charge in [0.15, 0.2) is 0 Å². The predicted octanol–water partition coefficient (Wildman–Crippen LogP) is 2.39. The number of hydrogen-bond donors (Lipinski definition) is 1. The van der Waals surface area contributed by atoms with Crippen molar-refractivity contribution < 1.29 is 0 Å². The Kier molecular flexibility index (Phi) is 4.43. The summed E-state index contributed by atoms with van der Waals surface area (Å²) < 4.78 is 0. The first-order valence-electron chi connectivity index (χ1n) is 8.61. The number of nitrogens with zero attached hydrogens (tertiary/aromatic N) is 5. The van der Waals surface area contributed by atoms with Crippen LogP contribution in [0.1, 0.15) is 5.56 Å². The first kappa shape index (κ1) is 15.8. The van der Waals surface area contributed by atoms with Crippen molar-refractivity contribution in [2.45, 2.75) is 6.54 Å². The highest BCUT2D eigenvalue weighted by molar-refractivity contribution is 5.88. The van der Waals surface area contributed by atoms with Crippen LogP contribution in [0.2, 0.25) is 0 Å². The van der Waals surface area contributed by atoms with Crippen molar-refractivity contribution in [3.05, 3.63) is 54.5 Å². The van der Waals surface area contributed by atoms with E-state index in [0.29, 0.717) is 6.54 Å². The minimum atomic E-state index is 0.713. The van der Waals surface area contributed by atoms with Crippen LogP contribution >= 0.6 is 0 Å². The Hall–Kier alpha value is -2.73. The molecule has 128 valence electrons. The van der Waals surface area contributed by atoms with Crippen molar-refractivity contribution in [1.82, 2.24) is 19.9 Å². The normalized spacial score (nSPS) is 15.5. The van der Waals surface area contributed by atoms with E-state index in [4.69, 9.17) is 0 Å². The molecule has 6 heteroatoms. The summed E-state index contributed by atoms with van der Waals surface area (Å²) in [6.45, 7) is 4.92. The molecule has 3 heterocycles. The molecule has 2 aromatic heterocycles. The lowest BCUT2D eigenvalue weighted by atomic mass is 10.2. The van der Waals surface area contributed by atoms with E-state index in [1.165, 1.54) is 5.56 Å². The SMILES string of the molecule is CN1CCN(c2cc(CNc3ncnc4ccccc34)ccn2)CC1. The van der Waals surface area contributed by atoms with Gasteiger partial charge < -0.3 is 15.1 Å². The summed E-state index contributed by atoms with van der Waals surface area (Å²) in [4.78, 5) is 17.9. The molecule has 1 aliphatic rings. The Morgan fingerprint density at radius 3 is 2.72 bits per heavy atom. The molecule has 1 N–H and O–H groups in total. The van der Waals surface area contributed by atoms with Crippen LogP contribution in [0.5, 0.6) is 0 Å². The highest BCUT2D eigenvalue weighted by Gasteiger charge is 2.15. The highest BCUT2D eigenvalue weighted by Crippen LogP contribution is 2.20. The van der Waals surface area contributed by atoms with Gasteiger partial charge in [-0.1, -0.05) is 12.1 Å². The monoisotopic (exact) mass is 334 g/mol. The second-order valence-electron chi connectivity index (χ2n) is 6.41. The van der Waals surface area contributed by atoms with Crippen LogP contribution in [-0.2, 0) is 6.54 Å². The molecule has 0 bridgehead atoms. The van der Waals surface area contributed by atoms with Gasteiger partial charge in [0.25, 0.3) is 0 Å². The van der Waals surface area contributed by atoms with Gasteiger partial charge in [0.05, 0.1) is 5.52 Å². The van der Waals surface area contributed by atoms with E-state index < -0.39 is 0 Å². The number of nitrogens with one attached hydrogen (secondary N) is 1. The minimum Gasteiger partial charge on any atom is -0.365 e. The fourth-order valence-corrected chi connectivity index (χ4v) is 3.11. The smallest absolute Gasteiger partial charge is 0.137 e. The fourth-order valence-electron chi connectivity index (χ4n) is 3.11. The lowest BCUT2D eigenvalue weighted by molar-refractivity contribution is 0.312. The van der Waals surface area contributed by atoms with Gasteiger partial charge in [0.2, 0.25) is 0 Å². The van der Waals surface area contributed by atoms with E-state index in [0.717, 1.165) is 48.7 Å². The van der Waals surface area contributed by atoms with Crippen LogP contribution in [0, 0.1) is 0 Å². The number of pyridine rings is 1. The van der Waals surface area contributed by atoms with E-state index in [1.54, 1.807) is 6.33 Å². The molecule has 0 radical (unpaired) electrons. The zero-order valence-corrected chi connectivity index (χ0v) is 14.4. The van der Waals surface area contributed by atoms with E-state index in [-0.39, 0.29) is 0 Å². The minimum absolute atomic E-state index is 0.713. The van der Waals surface area contributed by atoms with Gasteiger partial charge in [-0.15, -0.1) is 0 Å².